The number of hydrogen-bond donors (Lipinski definition) is 6. The summed E-state index contributed by atoms with van der Waals surface area (Å²) >= 11 is 0. The van der Waals surface area contributed by atoms with Gasteiger partial charge in [-0.25, -0.2) is 9.59 Å². The monoisotopic (exact) mass is 1170 g/mol. The van der Waals surface area contributed by atoms with Crippen molar-refractivity contribution in [2.75, 3.05) is 42.3 Å². The van der Waals surface area contributed by atoms with Gasteiger partial charge in [-0.15, -0.1) is 0 Å². The summed E-state index contributed by atoms with van der Waals surface area (Å²) in [5.74, 6) is -4.26. The van der Waals surface area contributed by atoms with Crippen LogP contribution in [0, 0.1) is 0 Å². The SMILES string of the molecule is CNC(=O)C(Cc1ccccc1)N(C)C(=O)C(Cc1ccc2ccccc2c1)N(C)C(=O)C=CCC(C)(C)N.CNC(=O)C(Cc1ccccc1)N(C)C(=O)C(Cc1ccc2ccccc2c1)N(C)C(=O)C=CCC(C)(C)N.O=C(O)C=CC(=O)O. The number of amides is 6. The summed E-state index contributed by atoms with van der Waals surface area (Å²) in [6, 6.07) is 44.2. The maximum Gasteiger partial charge on any atom is 0.328 e. The molecular weight excluding hydrogens is 1090 g/mol. The Labute approximate surface area is 505 Å². The number of carboxylic acids is 2. The highest BCUT2D eigenvalue weighted by atomic mass is 16.4. The number of carbonyl (C=O) groups is 8. The first-order valence-electron chi connectivity index (χ1n) is 28.2. The largest absolute Gasteiger partial charge is 0.478 e. The molecule has 0 saturated heterocycles. The molecule has 0 aliphatic rings. The fourth-order valence-corrected chi connectivity index (χ4v) is 9.17. The Hall–Kier alpha value is -9.26. The molecule has 0 saturated carbocycles. The second kappa shape index (κ2) is 33.3. The molecule has 18 nitrogen and oxygen atoms in total. The minimum Gasteiger partial charge on any atom is -0.478 e. The maximum atomic E-state index is 14.1. The van der Waals surface area contributed by atoms with E-state index in [0.29, 0.717) is 50.7 Å². The molecule has 86 heavy (non-hydrogen) atoms. The Morgan fingerprint density at radius 1 is 0.419 bits per heavy atom. The summed E-state index contributed by atoms with van der Waals surface area (Å²) in [6.45, 7) is 7.55. The normalized spacial score (nSPS) is 12.8. The Morgan fingerprint density at radius 2 is 0.721 bits per heavy atom. The number of hydrogen-bond acceptors (Lipinski definition) is 10. The Morgan fingerprint density at radius 3 is 1.02 bits per heavy atom. The quantitative estimate of drug-likeness (QED) is 0.0331. The van der Waals surface area contributed by atoms with Gasteiger partial charge >= 0.3 is 11.9 Å². The average molecular weight is 1170 g/mol. The summed E-state index contributed by atoms with van der Waals surface area (Å²) in [5.41, 5.74) is 14.9. The van der Waals surface area contributed by atoms with Gasteiger partial charge in [-0.1, -0.05) is 158 Å². The van der Waals surface area contributed by atoms with Gasteiger partial charge in [0.05, 0.1) is 0 Å². The number of carboxylic acid groups (broad SMARTS) is 2. The zero-order valence-corrected chi connectivity index (χ0v) is 51.0. The first kappa shape index (κ1) is 69.2. The van der Waals surface area contributed by atoms with E-state index in [-0.39, 0.29) is 35.4 Å². The van der Waals surface area contributed by atoms with E-state index in [1.54, 1.807) is 54.4 Å². The molecule has 18 heteroatoms. The van der Waals surface area contributed by atoms with E-state index < -0.39 is 47.2 Å². The predicted octanol–water partition coefficient (Wildman–Crippen LogP) is 7.13. The molecule has 0 fully saturated rings. The summed E-state index contributed by atoms with van der Waals surface area (Å²) < 4.78 is 0. The van der Waals surface area contributed by atoms with Crippen LogP contribution in [0.3, 0.4) is 0 Å². The molecule has 6 aromatic carbocycles. The minimum absolute atomic E-state index is 0.266. The molecule has 0 radical (unpaired) electrons. The van der Waals surface area contributed by atoms with Crippen LogP contribution < -0.4 is 22.1 Å². The van der Waals surface area contributed by atoms with Crippen LogP contribution in [-0.2, 0) is 64.0 Å². The molecule has 456 valence electrons. The Bertz CT molecular complexity index is 3130. The predicted molar refractivity (Wildman–Crippen MR) is 338 cm³/mol. The standard InChI is InChI=1S/2C32H40N4O3.C4H4O4/c2*1-32(2,33)19-11-16-29(37)35(4)28(22-24-17-18-25-14-9-10-15-26(25)20-24)31(39)36(5)27(30(38)34-3)21-23-12-7-6-8-13-23;5-3(6)1-2-4(7)8/h2*6-18,20,27-28H,19,21-22,33H2,1-5H3,(H,34,38);1-2H,(H,5,6)(H,7,8). The smallest absolute Gasteiger partial charge is 0.328 e. The zero-order chi connectivity index (χ0) is 63.7. The molecule has 6 aromatic rings. The van der Waals surface area contributed by atoms with Crippen LogP contribution in [0.2, 0.25) is 0 Å². The minimum atomic E-state index is -1.26. The number of nitrogens with two attached hydrogens (primary N) is 2. The lowest BCUT2D eigenvalue weighted by atomic mass is 9.98. The molecule has 4 unspecified atom stereocenters. The van der Waals surface area contributed by atoms with Crippen molar-refractivity contribution in [3.8, 4) is 0 Å². The lowest BCUT2D eigenvalue weighted by Crippen LogP contribution is -2.55. The highest BCUT2D eigenvalue weighted by Gasteiger charge is 2.36. The van der Waals surface area contributed by atoms with E-state index in [1.807, 2.05) is 173 Å². The van der Waals surface area contributed by atoms with Gasteiger partial charge in [0, 0.05) is 91.2 Å². The number of fused-ring (bicyclic) bond motifs is 2. The van der Waals surface area contributed by atoms with Gasteiger partial charge in [0.2, 0.25) is 35.4 Å². The number of rotatable bonds is 24. The number of aliphatic carboxylic acids is 2. The van der Waals surface area contributed by atoms with Gasteiger partial charge in [-0.05, 0) is 96.5 Å². The van der Waals surface area contributed by atoms with Crippen molar-refractivity contribution in [3.05, 3.63) is 204 Å². The van der Waals surface area contributed by atoms with Crippen LogP contribution in [0.1, 0.15) is 62.8 Å². The van der Waals surface area contributed by atoms with Crippen molar-refractivity contribution < 1.29 is 48.6 Å². The maximum absolute atomic E-state index is 14.1. The highest BCUT2D eigenvalue weighted by molar-refractivity contribution is 5.97. The van der Waals surface area contributed by atoms with Crippen molar-refractivity contribution in [1.82, 2.24) is 30.2 Å². The van der Waals surface area contributed by atoms with E-state index in [9.17, 15) is 38.4 Å². The van der Waals surface area contributed by atoms with Crippen molar-refractivity contribution in [3.63, 3.8) is 0 Å². The summed E-state index contributed by atoms with van der Waals surface area (Å²) in [7, 11) is 9.64. The second-order valence-corrected chi connectivity index (χ2v) is 22.4. The number of carbonyl (C=O) groups excluding carboxylic acids is 6. The van der Waals surface area contributed by atoms with Crippen LogP contribution in [0.4, 0.5) is 0 Å². The Kier molecular flexibility index (Phi) is 26.8. The molecular formula is C68H84N8O10. The number of benzene rings is 6. The first-order valence-corrected chi connectivity index (χ1v) is 28.2. The first-order chi connectivity index (χ1) is 40.6. The Balaban J connectivity index is 0.000000327. The molecule has 0 aromatic heterocycles. The lowest BCUT2D eigenvalue weighted by molar-refractivity contribution is -0.146. The third-order valence-electron chi connectivity index (χ3n) is 14.1. The van der Waals surface area contributed by atoms with Crippen LogP contribution in [0.25, 0.3) is 21.5 Å². The molecule has 6 rings (SSSR count). The molecule has 0 spiro atoms. The third-order valence-corrected chi connectivity index (χ3v) is 14.1. The highest BCUT2D eigenvalue weighted by Crippen LogP contribution is 2.23. The number of nitrogens with one attached hydrogen (secondary N) is 2. The van der Waals surface area contributed by atoms with E-state index in [4.69, 9.17) is 21.7 Å². The van der Waals surface area contributed by atoms with Gasteiger partial charge in [-0.2, -0.15) is 0 Å². The van der Waals surface area contributed by atoms with Crippen LogP contribution in [0.15, 0.2) is 182 Å². The zero-order valence-electron chi connectivity index (χ0n) is 51.0. The lowest BCUT2D eigenvalue weighted by Gasteiger charge is -2.34. The van der Waals surface area contributed by atoms with E-state index in [2.05, 4.69) is 10.6 Å². The van der Waals surface area contributed by atoms with Crippen molar-refractivity contribution >= 4 is 68.9 Å². The fraction of sp³-hybridized carbons (Fsp3) is 0.324. The molecule has 8 N–H and O–H groups in total. The average Bonchev–Trinajstić information content (AvgIpc) is 3.28. The summed E-state index contributed by atoms with van der Waals surface area (Å²) in [6.07, 6.45) is 9.89. The van der Waals surface area contributed by atoms with Crippen LogP contribution in [-0.4, -0.2) is 155 Å². The van der Waals surface area contributed by atoms with E-state index in [0.717, 1.165) is 43.8 Å². The number of nitrogens with zero attached hydrogens (tertiary/aromatic N) is 4. The van der Waals surface area contributed by atoms with Crippen molar-refractivity contribution in [2.24, 2.45) is 11.5 Å². The summed E-state index contributed by atoms with van der Waals surface area (Å²) in [4.78, 5) is 105. The van der Waals surface area contributed by atoms with Gasteiger partial charge in [0.25, 0.3) is 0 Å². The molecule has 0 heterocycles. The molecule has 4 atom stereocenters. The van der Waals surface area contributed by atoms with Gasteiger partial charge in [0.1, 0.15) is 24.2 Å². The van der Waals surface area contributed by atoms with Crippen molar-refractivity contribution in [2.45, 2.75) is 101 Å². The topological polar surface area (TPSA) is 266 Å². The van der Waals surface area contributed by atoms with Crippen LogP contribution >= 0.6 is 0 Å². The molecule has 0 aliphatic heterocycles. The van der Waals surface area contributed by atoms with Crippen LogP contribution in [0.5, 0.6) is 0 Å². The van der Waals surface area contributed by atoms with Gasteiger partial charge in [0.15, 0.2) is 0 Å². The molecule has 0 aliphatic carbocycles. The molecule has 6 amide bonds. The number of likely N-dealkylation sites (N-methyl/N-ethyl adjacent to an activating group) is 6. The van der Waals surface area contributed by atoms with Crippen molar-refractivity contribution in [1.29, 1.82) is 0 Å². The summed E-state index contributed by atoms with van der Waals surface area (Å²) in [5, 5.41) is 25.3. The van der Waals surface area contributed by atoms with Gasteiger partial charge in [-0.3, -0.25) is 28.8 Å². The third kappa shape index (κ3) is 22.7. The van der Waals surface area contributed by atoms with E-state index in [1.165, 1.54) is 31.8 Å². The second-order valence-electron chi connectivity index (χ2n) is 22.4. The fourth-order valence-electron chi connectivity index (χ4n) is 9.17. The van der Waals surface area contributed by atoms with Gasteiger partial charge < -0.3 is 51.9 Å². The van der Waals surface area contributed by atoms with E-state index >= 15 is 0 Å². The molecule has 0 bridgehead atoms.